The van der Waals surface area contributed by atoms with Gasteiger partial charge in [-0.05, 0) is 95.5 Å². The van der Waals surface area contributed by atoms with E-state index in [4.69, 9.17) is 14.1 Å². The molecule has 2 nitrogen and oxygen atoms in total. The first-order chi connectivity index (χ1) is 30.2. The smallest absolute Gasteiger partial charge is 0.140 e. The highest BCUT2D eigenvalue weighted by atomic mass is 32.2. The Bertz CT molecular complexity index is 2960. The van der Waals surface area contributed by atoms with Crippen molar-refractivity contribution in [2.75, 3.05) is 0 Å². The molecule has 0 atom stereocenters. The van der Waals surface area contributed by atoms with Crippen LogP contribution in [0, 0.1) is 6.85 Å². The first-order valence-corrected chi connectivity index (χ1v) is 23.8. The summed E-state index contributed by atoms with van der Waals surface area (Å²) in [5.74, 6) is 0. The summed E-state index contributed by atoms with van der Waals surface area (Å²) < 4.78 is 26.3. The molecule has 10 rings (SSSR count). The molecule has 8 aromatic carbocycles. The van der Waals surface area contributed by atoms with Crippen LogP contribution in [0.5, 0.6) is 0 Å². The van der Waals surface area contributed by atoms with E-state index in [1.807, 2.05) is 12.1 Å². The first kappa shape index (κ1) is 33.4. The van der Waals surface area contributed by atoms with Gasteiger partial charge >= 0.3 is 0 Å². The molecule has 0 unspecified atom stereocenters. The fraction of sp³-hybridized carbons (Fsp3) is 0.0545. The average Bonchev–Trinajstić information content (AvgIpc) is 3.31. The molecule has 0 aliphatic carbocycles. The Morgan fingerprint density at radius 2 is 0.729 bits per heavy atom. The Labute approximate surface area is 356 Å². The molecule has 0 saturated heterocycles. The molecule has 0 radical (unpaired) electrons. The second kappa shape index (κ2) is 15.3. The van der Waals surface area contributed by atoms with Crippen LogP contribution in [0.15, 0.2) is 210 Å². The van der Waals surface area contributed by atoms with Crippen LogP contribution in [0.1, 0.15) is 9.68 Å². The predicted molar refractivity (Wildman–Crippen MR) is 252 cm³/mol. The molecule has 1 aliphatic heterocycles. The molecule has 59 heavy (non-hydrogen) atoms. The van der Waals surface area contributed by atoms with Crippen molar-refractivity contribution in [2.24, 2.45) is 0 Å². The summed E-state index contributed by atoms with van der Waals surface area (Å²) in [5.41, 5.74) is 15.3. The quantitative estimate of drug-likeness (QED) is 0.150. The Morgan fingerprint density at radius 3 is 1.10 bits per heavy atom. The summed E-state index contributed by atoms with van der Waals surface area (Å²) in [7, 11) is -2.32. The van der Waals surface area contributed by atoms with Gasteiger partial charge in [-0.25, -0.2) is 4.98 Å². The minimum absolute atomic E-state index is 0.341. The molecule has 0 fully saturated rings. The molecular weight excluding hydrogens is 749 g/mol. The third-order valence-corrected chi connectivity index (χ3v) is 16.4. The standard InChI is InChI=1S/C55H42N2SSi/c1-37-29-34-45-53(58-54-55(59(45,2)3)57-36-35-56-54)46(37)43-30-32-44(33-31-43)52-50(41-25-15-7-16-26-41)48(39-21-11-5-12-22-39)47(38-19-9-4-10-20-38)49(40-23-13-6-14-24-40)51(52)42-27-17-8-18-28-42/h4-36H,1-3H3/i1D3. The maximum absolute atomic E-state index is 8.76. The monoisotopic (exact) mass is 793 g/mol. The second-order valence-corrected chi connectivity index (χ2v) is 20.7. The van der Waals surface area contributed by atoms with E-state index >= 15 is 0 Å². The van der Waals surface area contributed by atoms with Crippen LogP contribution in [0.3, 0.4) is 0 Å². The second-order valence-electron chi connectivity index (χ2n) is 15.5. The molecule has 0 spiro atoms. The summed E-state index contributed by atoms with van der Waals surface area (Å²) in [6, 6.07) is 66.3. The largest absolute Gasteiger partial charge is 0.261 e. The normalized spacial score (nSPS) is 13.7. The lowest BCUT2D eigenvalue weighted by molar-refractivity contribution is 1.08. The molecule has 282 valence electrons. The van der Waals surface area contributed by atoms with Crippen molar-refractivity contribution in [3.63, 3.8) is 0 Å². The van der Waals surface area contributed by atoms with Gasteiger partial charge in [-0.3, -0.25) is 4.98 Å². The van der Waals surface area contributed by atoms with Gasteiger partial charge in [0.15, 0.2) is 0 Å². The fourth-order valence-corrected chi connectivity index (χ4v) is 14.1. The van der Waals surface area contributed by atoms with Crippen LogP contribution in [-0.2, 0) is 0 Å². The van der Waals surface area contributed by atoms with Crippen LogP contribution in [0.25, 0.3) is 77.9 Å². The van der Waals surface area contributed by atoms with E-state index in [0.29, 0.717) is 5.56 Å². The lowest BCUT2D eigenvalue weighted by Gasteiger charge is -2.32. The SMILES string of the molecule is [2H]C([2H])([2H])c1ccc2c(c1-c1ccc(-c3c(-c4ccccc4)c(-c4ccccc4)c(-c4ccccc4)c(-c4ccccc4)c3-c3ccccc3)cc1)Sc1nccnc1[Si]2(C)C. The third-order valence-electron chi connectivity index (χ3n) is 11.6. The summed E-state index contributed by atoms with van der Waals surface area (Å²) in [6.07, 6.45) is 3.50. The van der Waals surface area contributed by atoms with Gasteiger partial charge in [-0.2, -0.15) is 0 Å². The van der Waals surface area contributed by atoms with E-state index in [2.05, 4.69) is 189 Å². The number of aromatic nitrogens is 2. The van der Waals surface area contributed by atoms with Crippen molar-refractivity contribution < 1.29 is 4.11 Å². The predicted octanol–water partition coefficient (Wildman–Crippen LogP) is 13.7. The maximum Gasteiger partial charge on any atom is 0.140 e. The highest BCUT2D eigenvalue weighted by Crippen LogP contribution is 2.56. The van der Waals surface area contributed by atoms with Crippen molar-refractivity contribution in [2.45, 2.75) is 29.9 Å². The van der Waals surface area contributed by atoms with Crippen LogP contribution in [0.4, 0.5) is 0 Å². The molecular formula is C55H42N2SSi. The number of benzene rings is 8. The van der Waals surface area contributed by atoms with Gasteiger partial charge in [0, 0.05) is 21.4 Å². The van der Waals surface area contributed by atoms with Gasteiger partial charge in [0.1, 0.15) is 13.1 Å². The zero-order valence-corrected chi connectivity index (χ0v) is 34.7. The Balaban J connectivity index is 1.33. The molecule has 0 bridgehead atoms. The van der Waals surface area contributed by atoms with Crippen LogP contribution >= 0.6 is 11.8 Å². The number of aryl methyl sites for hydroxylation is 1. The van der Waals surface area contributed by atoms with Crippen LogP contribution < -0.4 is 10.5 Å². The molecule has 2 heterocycles. The van der Waals surface area contributed by atoms with Gasteiger partial charge in [-0.1, -0.05) is 213 Å². The lowest BCUT2D eigenvalue weighted by atomic mass is 9.74. The first-order valence-electron chi connectivity index (χ1n) is 21.5. The summed E-state index contributed by atoms with van der Waals surface area (Å²) in [5, 5.41) is 3.07. The lowest BCUT2D eigenvalue weighted by Crippen LogP contribution is -2.58. The highest BCUT2D eigenvalue weighted by molar-refractivity contribution is 8.00. The van der Waals surface area contributed by atoms with Gasteiger partial charge in [0.25, 0.3) is 0 Å². The van der Waals surface area contributed by atoms with E-state index in [9.17, 15) is 0 Å². The topological polar surface area (TPSA) is 25.8 Å². The van der Waals surface area contributed by atoms with E-state index in [-0.39, 0.29) is 0 Å². The highest BCUT2D eigenvalue weighted by Gasteiger charge is 2.39. The summed E-state index contributed by atoms with van der Waals surface area (Å²) >= 11 is 1.55. The summed E-state index contributed by atoms with van der Waals surface area (Å²) in [4.78, 5) is 10.5. The van der Waals surface area contributed by atoms with Gasteiger partial charge in [0.05, 0.1) is 5.32 Å². The van der Waals surface area contributed by atoms with Gasteiger partial charge in [0.2, 0.25) is 0 Å². The summed E-state index contributed by atoms with van der Waals surface area (Å²) in [6.45, 7) is 2.23. The zero-order chi connectivity index (χ0) is 42.4. The number of hydrogen-bond donors (Lipinski definition) is 0. The van der Waals surface area contributed by atoms with Crippen LogP contribution in [-0.4, -0.2) is 18.0 Å². The molecule has 0 saturated carbocycles. The number of hydrogen-bond acceptors (Lipinski definition) is 3. The van der Waals surface area contributed by atoms with Gasteiger partial charge < -0.3 is 0 Å². The third kappa shape index (κ3) is 6.46. The van der Waals surface area contributed by atoms with Crippen LogP contribution in [0.2, 0.25) is 13.1 Å². The molecule has 0 amide bonds. The maximum atomic E-state index is 8.76. The van der Waals surface area contributed by atoms with Crippen molar-refractivity contribution in [1.82, 2.24) is 9.97 Å². The number of nitrogens with zero attached hydrogens (tertiary/aromatic N) is 2. The number of fused-ring (bicyclic) bond motifs is 2. The number of rotatable bonds is 7. The minimum Gasteiger partial charge on any atom is -0.261 e. The average molecular weight is 794 g/mol. The van der Waals surface area contributed by atoms with E-state index in [1.54, 1.807) is 24.2 Å². The van der Waals surface area contributed by atoms with E-state index in [0.717, 1.165) is 93.1 Å². The van der Waals surface area contributed by atoms with Gasteiger partial charge in [-0.15, -0.1) is 0 Å². The molecule has 0 N–H and O–H groups in total. The fourth-order valence-electron chi connectivity index (χ4n) is 8.83. The minimum atomic E-state index is -2.33. The Morgan fingerprint density at radius 1 is 0.390 bits per heavy atom. The molecule has 1 aliphatic rings. The van der Waals surface area contributed by atoms with Crippen molar-refractivity contribution in [3.05, 3.63) is 206 Å². The van der Waals surface area contributed by atoms with Crippen molar-refractivity contribution in [3.8, 4) is 77.9 Å². The van der Waals surface area contributed by atoms with E-state index < -0.39 is 14.9 Å². The van der Waals surface area contributed by atoms with E-state index in [1.165, 1.54) is 5.19 Å². The Kier molecular flexibility index (Phi) is 8.66. The molecule has 1 aromatic heterocycles. The van der Waals surface area contributed by atoms with Crippen molar-refractivity contribution >= 4 is 30.3 Å². The molecule has 4 heteroatoms. The van der Waals surface area contributed by atoms with Crippen molar-refractivity contribution in [1.29, 1.82) is 0 Å². The Hall–Kier alpha value is -6.59. The molecule has 9 aromatic rings. The zero-order valence-electron chi connectivity index (χ0n) is 35.9.